The van der Waals surface area contributed by atoms with Crippen LogP contribution < -0.4 is 10.1 Å². The van der Waals surface area contributed by atoms with Crippen LogP contribution in [0.25, 0.3) is 0 Å². The summed E-state index contributed by atoms with van der Waals surface area (Å²) < 4.78 is 10.2. The topological polar surface area (TPSA) is 64.6 Å². The quantitative estimate of drug-likeness (QED) is 0.631. The monoisotopic (exact) mass is 285 g/mol. The molecule has 108 valence electrons. The summed E-state index contributed by atoms with van der Waals surface area (Å²) in [6.07, 6.45) is 0. The van der Waals surface area contributed by atoms with Gasteiger partial charge < -0.3 is 14.8 Å². The van der Waals surface area contributed by atoms with Crippen LogP contribution in [0.5, 0.6) is 5.75 Å². The van der Waals surface area contributed by atoms with Crippen molar-refractivity contribution in [3.8, 4) is 5.75 Å². The lowest BCUT2D eigenvalue weighted by Crippen LogP contribution is -2.35. The minimum Gasteiger partial charge on any atom is -0.466 e. The van der Waals surface area contributed by atoms with Gasteiger partial charge in [-0.05, 0) is 19.9 Å². The summed E-state index contributed by atoms with van der Waals surface area (Å²) in [6, 6.07) is 7.24. The Morgan fingerprint density at radius 1 is 1.24 bits per heavy atom. The van der Waals surface area contributed by atoms with E-state index in [9.17, 15) is 9.59 Å². The van der Waals surface area contributed by atoms with Crippen LogP contribution in [0.2, 0.25) is 0 Å². The van der Waals surface area contributed by atoms with Gasteiger partial charge in [-0.2, -0.15) is 0 Å². The van der Waals surface area contributed by atoms with Crippen LogP contribution in [0.3, 0.4) is 0 Å². The third kappa shape index (κ3) is 1.93. The molecule has 1 unspecified atom stereocenters. The van der Waals surface area contributed by atoms with Crippen LogP contribution in [0.15, 0.2) is 46.8 Å². The number of benzene rings is 1. The van der Waals surface area contributed by atoms with Gasteiger partial charge in [0.25, 0.3) is 0 Å². The van der Waals surface area contributed by atoms with Crippen LogP contribution in [0.4, 0.5) is 0 Å². The van der Waals surface area contributed by atoms with Crippen LogP contribution in [-0.2, 0) is 14.3 Å². The molecule has 0 aromatic heterocycles. The second kappa shape index (κ2) is 4.77. The smallest absolute Gasteiger partial charge is 0.342 e. The maximum absolute atomic E-state index is 12.3. The van der Waals surface area contributed by atoms with Crippen LogP contribution in [0, 0.1) is 0 Å². The predicted molar refractivity (Wildman–Crippen MR) is 75.4 cm³/mol. The molecule has 2 aliphatic heterocycles. The van der Waals surface area contributed by atoms with Gasteiger partial charge in [-0.25, -0.2) is 9.59 Å². The summed E-state index contributed by atoms with van der Waals surface area (Å²) in [7, 11) is 1.33. The predicted octanol–water partition coefficient (Wildman–Crippen LogP) is 2.01. The number of carbonyl (C=O) groups excluding carboxylic acids is 2. The molecule has 5 heteroatoms. The van der Waals surface area contributed by atoms with Gasteiger partial charge in [0.15, 0.2) is 0 Å². The largest absolute Gasteiger partial charge is 0.466 e. The SMILES string of the molecule is COC(=O)C1=C(C)NC(C)=C2C(=O)Oc3ccccc3C12. The number of ether oxygens (including phenoxy) is 2. The van der Waals surface area contributed by atoms with E-state index in [1.54, 1.807) is 26.0 Å². The van der Waals surface area contributed by atoms with Gasteiger partial charge in [-0.15, -0.1) is 0 Å². The fourth-order valence-electron chi connectivity index (χ4n) is 2.92. The second-order valence-electron chi connectivity index (χ2n) is 5.05. The fraction of sp³-hybridized carbons (Fsp3) is 0.250. The fourth-order valence-corrected chi connectivity index (χ4v) is 2.92. The zero-order valence-electron chi connectivity index (χ0n) is 12.0. The number of methoxy groups -OCH3 is 1. The minimum atomic E-state index is -0.448. The average molecular weight is 285 g/mol. The summed E-state index contributed by atoms with van der Waals surface area (Å²) in [5, 5.41) is 3.06. The average Bonchev–Trinajstić information content (AvgIpc) is 2.46. The summed E-state index contributed by atoms with van der Waals surface area (Å²) >= 11 is 0. The van der Waals surface area contributed by atoms with Gasteiger partial charge in [0.1, 0.15) is 5.75 Å². The molecule has 2 aliphatic rings. The summed E-state index contributed by atoms with van der Waals surface area (Å²) in [5.74, 6) is -0.839. The van der Waals surface area contributed by atoms with Crippen LogP contribution in [0.1, 0.15) is 25.3 Å². The van der Waals surface area contributed by atoms with E-state index in [-0.39, 0.29) is 0 Å². The minimum absolute atomic E-state index is 0.433. The van der Waals surface area contributed by atoms with E-state index in [1.165, 1.54) is 7.11 Å². The third-order valence-corrected chi connectivity index (χ3v) is 3.82. The molecule has 0 saturated heterocycles. The van der Waals surface area contributed by atoms with Crippen molar-refractivity contribution in [2.24, 2.45) is 0 Å². The Morgan fingerprint density at radius 2 is 1.95 bits per heavy atom. The van der Waals surface area contributed by atoms with Crippen molar-refractivity contribution in [2.45, 2.75) is 19.8 Å². The molecule has 3 rings (SSSR count). The first-order valence-corrected chi connectivity index (χ1v) is 6.62. The Hall–Kier alpha value is -2.56. The highest BCUT2D eigenvalue weighted by atomic mass is 16.5. The van der Waals surface area contributed by atoms with Crippen molar-refractivity contribution >= 4 is 11.9 Å². The Morgan fingerprint density at radius 3 is 2.67 bits per heavy atom. The highest BCUT2D eigenvalue weighted by molar-refractivity contribution is 6.02. The molecule has 21 heavy (non-hydrogen) atoms. The number of nitrogens with one attached hydrogen (secondary N) is 1. The molecule has 0 fully saturated rings. The number of rotatable bonds is 1. The van der Waals surface area contributed by atoms with E-state index in [4.69, 9.17) is 9.47 Å². The first kappa shape index (κ1) is 13.4. The van der Waals surface area contributed by atoms with Crippen molar-refractivity contribution in [3.63, 3.8) is 0 Å². The second-order valence-corrected chi connectivity index (χ2v) is 5.05. The Kier molecular flexibility index (Phi) is 3.05. The van der Waals surface area contributed by atoms with E-state index in [1.807, 2.05) is 12.1 Å². The van der Waals surface area contributed by atoms with Gasteiger partial charge in [0, 0.05) is 17.0 Å². The molecule has 5 nitrogen and oxygen atoms in total. The van der Waals surface area contributed by atoms with Crippen molar-refractivity contribution in [2.75, 3.05) is 7.11 Å². The normalized spacial score (nSPS) is 20.3. The van der Waals surface area contributed by atoms with Gasteiger partial charge in [-0.3, -0.25) is 0 Å². The molecule has 0 spiro atoms. The molecule has 1 aromatic carbocycles. The highest BCUT2D eigenvalue weighted by Crippen LogP contribution is 2.45. The van der Waals surface area contributed by atoms with Crippen LogP contribution >= 0.6 is 0 Å². The first-order chi connectivity index (χ1) is 10.0. The maximum atomic E-state index is 12.3. The first-order valence-electron chi connectivity index (χ1n) is 6.62. The van der Waals surface area contributed by atoms with E-state index < -0.39 is 17.9 Å². The van der Waals surface area contributed by atoms with E-state index >= 15 is 0 Å². The zero-order chi connectivity index (χ0) is 15.1. The Bertz CT molecular complexity index is 715. The number of allylic oxidation sites excluding steroid dienone is 2. The summed E-state index contributed by atoms with van der Waals surface area (Å²) in [6.45, 7) is 3.60. The third-order valence-electron chi connectivity index (χ3n) is 3.82. The molecule has 1 N–H and O–H groups in total. The van der Waals surface area contributed by atoms with Gasteiger partial charge in [0.2, 0.25) is 0 Å². The molecular formula is C16H15NO4. The maximum Gasteiger partial charge on any atom is 0.342 e. The highest BCUT2D eigenvalue weighted by Gasteiger charge is 2.42. The number of dihydropyridines is 1. The number of hydrogen-bond acceptors (Lipinski definition) is 5. The van der Waals surface area contributed by atoms with Gasteiger partial charge in [0.05, 0.1) is 24.2 Å². The van der Waals surface area contributed by atoms with E-state index in [2.05, 4.69) is 5.32 Å². The molecular weight excluding hydrogens is 270 g/mol. The van der Waals surface area contributed by atoms with Crippen LogP contribution in [-0.4, -0.2) is 19.0 Å². The molecule has 1 aromatic rings. The van der Waals surface area contributed by atoms with Crippen molar-refractivity contribution < 1.29 is 19.1 Å². The Balaban J connectivity index is 2.26. The number of carbonyl (C=O) groups is 2. The molecule has 1 atom stereocenters. The van der Waals surface area contributed by atoms with Crippen molar-refractivity contribution in [1.82, 2.24) is 5.32 Å². The summed E-state index contributed by atoms with van der Waals surface area (Å²) in [4.78, 5) is 24.4. The number of fused-ring (bicyclic) bond motifs is 3. The zero-order valence-corrected chi connectivity index (χ0v) is 12.0. The lowest BCUT2D eigenvalue weighted by Gasteiger charge is -2.33. The van der Waals surface area contributed by atoms with E-state index in [0.717, 1.165) is 5.56 Å². The molecule has 0 radical (unpaired) electrons. The molecule has 0 bridgehead atoms. The number of esters is 2. The standard InChI is InChI=1S/C16H15NO4/c1-8-12(15(18)20-3)14-10-6-4-5-7-11(10)21-16(19)13(14)9(2)17-8/h4-7,14,17H,1-3H3. The lowest BCUT2D eigenvalue weighted by molar-refractivity contribution is -0.136. The molecule has 2 heterocycles. The van der Waals surface area contributed by atoms with E-state index in [0.29, 0.717) is 28.3 Å². The van der Waals surface area contributed by atoms with Gasteiger partial charge >= 0.3 is 11.9 Å². The molecule has 0 saturated carbocycles. The van der Waals surface area contributed by atoms with Crippen molar-refractivity contribution in [1.29, 1.82) is 0 Å². The number of hydrogen-bond donors (Lipinski definition) is 1. The summed E-state index contributed by atoms with van der Waals surface area (Å²) in [5.41, 5.74) is 3.09. The Labute approximate surface area is 122 Å². The molecule has 0 aliphatic carbocycles. The number of para-hydroxylation sites is 1. The van der Waals surface area contributed by atoms with Crippen molar-refractivity contribution in [3.05, 3.63) is 52.4 Å². The molecule has 0 amide bonds. The van der Waals surface area contributed by atoms with Gasteiger partial charge in [-0.1, -0.05) is 18.2 Å². The lowest BCUT2D eigenvalue weighted by atomic mass is 9.79.